The number of nitrogens with zero attached hydrogens (tertiary/aromatic N) is 3. The molecule has 100 valence electrons. The predicted octanol–water partition coefficient (Wildman–Crippen LogP) is 2.05. The third kappa shape index (κ3) is 2.64. The molecule has 2 atom stereocenters. The molecule has 1 aromatic heterocycles. The summed E-state index contributed by atoms with van der Waals surface area (Å²) in [5, 5.41) is 0. The lowest BCUT2D eigenvalue weighted by molar-refractivity contribution is 0.334. The average Bonchev–Trinajstić information content (AvgIpc) is 2.41. The minimum atomic E-state index is 0.417. The van der Waals surface area contributed by atoms with Crippen LogP contribution in [0.3, 0.4) is 0 Å². The molecule has 1 aromatic rings. The van der Waals surface area contributed by atoms with Crippen molar-refractivity contribution < 1.29 is 0 Å². The highest BCUT2D eigenvalue weighted by atomic mass is 15.2. The van der Waals surface area contributed by atoms with Crippen LogP contribution in [0.15, 0.2) is 6.20 Å². The Labute approximate surface area is 110 Å². The molecule has 18 heavy (non-hydrogen) atoms. The second-order valence-electron chi connectivity index (χ2n) is 5.28. The van der Waals surface area contributed by atoms with E-state index in [1.807, 2.05) is 20.0 Å². The number of piperidine rings is 1. The molecule has 1 saturated heterocycles. The van der Waals surface area contributed by atoms with Crippen molar-refractivity contribution in [1.82, 2.24) is 9.97 Å². The van der Waals surface area contributed by atoms with Gasteiger partial charge in [0.05, 0.1) is 17.6 Å². The zero-order valence-corrected chi connectivity index (χ0v) is 11.7. The summed E-state index contributed by atoms with van der Waals surface area (Å²) in [6.07, 6.45) is 5.56. The van der Waals surface area contributed by atoms with Crippen molar-refractivity contribution in [3.8, 4) is 0 Å². The Morgan fingerprint density at radius 3 is 2.78 bits per heavy atom. The maximum atomic E-state index is 5.93. The second kappa shape index (κ2) is 5.65. The van der Waals surface area contributed by atoms with Gasteiger partial charge in [0.1, 0.15) is 5.82 Å². The van der Waals surface area contributed by atoms with Crippen molar-refractivity contribution in [2.75, 3.05) is 18.0 Å². The molecule has 2 heterocycles. The van der Waals surface area contributed by atoms with Gasteiger partial charge in [-0.25, -0.2) is 4.98 Å². The van der Waals surface area contributed by atoms with E-state index in [4.69, 9.17) is 5.73 Å². The van der Waals surface area contributed by atoms with E-state index in [9.17, 15) is 0 Å². The van der Waals surface area contributed by atoms with E-state index in [0.29, 0.717) is 12.6 Å². The molecule has 1 aliphatic rings. The monoisotopic (exact) mass is 248 g/mol. The van der Waals surface area contributed by atoms with Gasteiger partial charge in [-0.3, -0.25) is 4.98 Å². The molecular formula is C14H24N4. The van der Waals surface area contributed by atoms with Crippen molar-refractivity contribution in [1.29, 1.82) is 0 Å². The Balaban J connectivity index is 2.18. The van der Waals surface area contributed by atoms with E-state index in [-0.39, 0.29) is 0 Å². The Morgan fingerprint density at radius 2 is 2.17 bits per heavy atom. The molecule has 4 heteroatoms. The summed E-state index contributed by atoms with van der Waals surface area (Å²) in [5.41, 5.74) is 7.95. The lowest BCUT2D eigenvalue weighted by Gasteiger charge is -2.39. The van der Waals surface area contributed by atoms with Crippen molar-refractivity contribution in [2.45, 2.75) is 46.1 Å². The molecule has 1 fully saturated rings. The van der Waals surface area contributed by atoms with Crippen LogP contribution >= 0.6 is 0 Å². The number of hydrogen-bond acceptors (Lipinski definition) is 4. The van der Waals surface area contributed by atoms with Crippen molar-refractivity contribution in [3.05, 3.63) is 17.6 Å². The molecule has 0 spiro atoms. The minimum absolute atomic E-state index is 0.417. The van der Waals surface area contributed by atoms with E-state index in [0.717, 1.165) is 29.7 Å². The number of anilines is 1. The molecule has 0 radical (unpaired) electrons. The highest BCUT2D eigenvalue weighted by Crippen LogP contribution is 2.28. The molecule has 0 amide bonds. The summed E-state index contributed by atoms with van der Waals surface area (Å²) in [6.45, 7) is 8.03. The van der Waals surface area contributed by atoms with E-state index in [1.54, 1.807) is 0 Å². The molecule has 0 aromatic carbocycles. The summed E-state index contributed by atoms with van der Waals surface area (Å²) in [6, 6.07) is 0.417. The molecule has 2 unspecified atom stereocenters. The summed E-state index contributed by atoms with van der Waals surface area (Å²) in [7, 11) is 0. The quantitative estimate of drug-likeness (QED) is 0.889. The average molecular weight is 248 g/mol. The van der Waals surface area contributed by atoms with Gasteiger partial charge in [0.15, 0.2) is 0 Å². The maximum absolute atomic E-state index is 5.93. The normalized spacial score (nSPS) is 24.3. The first-order valence-corrected chi connectivity index (χ1v) is 6.92. The number of hydrogen-bond donors (Lipinski definition) is 1. The zero-order valence-electron chi connectivity index (χ0n) is 11.7. The second-order valence-corrected chi connectivity index (χ2v) is 5.28. The molecule has 0 bridgehead atoms. The maximum Gasteiger partial charge on any atom is 0.147 e. The third-order valence-corrected chi connectivity index (χ3v) is 4.15. The molecular weight excluding hydrogens is 224 g/mol. The topological polar surface area (TPSA) is 55.0 Å². The van der Waals surface area contributed by atoms with Crippen LogP contribution in [0.5, 0.6) is 0 Å². The van der Waals surface area contributed by atoms with Gasteiger partial charge < -0.3 is 10.6 Å². The van der Waals surface area contributed by atoms with Gasteiger partial charge in [0.25, 0.3) is 0 Å². The minimum Gasteiger partial charge on any atom is -0.351 e. The van der Waals surface area contributed by atoms with Crippen LogP contribution in [0.1, 0.15) is 37.6 Å². The van der Waals surface area contributed by atoms with E-state index < -0.39 is 0 Å². The van der Waals surface area contributed by atoms with Crippen molar-refractivity contribution in [3.63, 3.8) is 0 Å². The Morgan fingerprint density at radius 1 is 1.39 bits per heavy atom. The molecule has 2 N–H and O–H groups in total. The molecule has 2 rings (SSSR count). The summed E-state index contributed by atoms with van der Waals surface area (Å²) >= 11 is 0. The number of nitrogens with two attached hydrogens (primary N) is 1. The standard InChI is InChI=1S/C14H24N4/c1-4-12-5-6-18(13(7-12)8-15)14-9-16-10(2)11(3)17-14/h9,12-13H,4-8,15H2,1-3H3. The third-order valence-electron chi connectivity index (χ3n) is 4.15. The van der Waals surface area contributed by atoms with Crippen LogP contribution in [0.2, 0.25) is 0 Å². The van der Waals surface area contributed by atoms with Gasteiger partial charge in [0.2, 0.25) is 0 Å². The first-order chi connectivity index (χ1) is 8.65. The highest BCUT2D eigenvalue weighted by Gasteiger charge is 2.27. The lowest BCUT2D eigenvalue weighted by Crippen LogP contribution is -2.47. The van der Waals surface area contributed by atoms with E-state index >= 15 is 0 Å². The van der Waals surface area contributed by atoms with E-state index in [1.165, 1.54) is 19.3 Å². The summed E-state index contributed by atoms with van der Waals surface area (Å²) in [5.74, 6) is 1.80. The van der Waals surface area contributed by atoms with Crippen molar-refractivity contribution in [2.24, 2.45) is 11.7 Å². The Kier molecular flexibility index (Phi) is 4.17. The fourth-order valence-electron chi connectivity index (χ4n) is 2.70. The lowest BCUT2D eigenvalue weighted by atomic mass is 9.89. The van der Waals surface area contributed by atoms with Gasteiger partial charge in [0, 0.05) is 19.1 Å². The van der Waals surface area contributed by atoms with Crippen molar-refractivity contribution >= 4 is 5.82 Å². The zero-order chi connectivity index (χ0) is 13.1. The van der Waals surface area contributed by atoms with Crippen LogP contribution in [-0.2, 0) is 0 Å². The number of aromatic nitrogens is 2. The van der Waals surface area contributed by atoms with Crippen LogP contribution in [-0.4, -0.2) is 29.1 Å². The highest BCUT2D eigenvalue weighted by molar-refractivity contribution is 5.39. The molecule has 0 aliphatic carbocycles. The summed E-state index contributed by atoms with van der Waals surface area (Å²) < 4.78 is 0. The van der Waals surface area contributed by atoms with E-state index in [2.05, 4.69) is 21.8 Å². The van der Waals surface area contributed by atoms with Gasteiger partial charge in [-0.15, -0.1) is 0 Å². The number of aryl methyl sites for hydroxylation is 2. The van der Waals surface area contributed by atoms with Gasteiger partial charge >= 0.3 is 0 Å². The van der Waals surface area contributed by atoms with Gasteiger partial charge in [-0.2, -0.15) is 0 Å². The van der Waals surface area contributed by atoms with Gasteiger partial charge in [-0.1, -0.05) is 13.3 Å². The SMILES string of the molecule is CCC1CCN(c2cnc(C)c(C)n2)C(CN)C1. The fourth-order valence-corrected chi connectivity index (χ4v) is 2.70. The smallest absolute Gasteiger partial charge is 0.147 e. The Bertz CT molecular complexity index is 405. The largest absolute Gasteiger partial charge is 0.351 e. The van der Waals surface area contributed by atoms with Crippen LogP contribution in [0.25, 0.3) is 0 Å². The first-order valence-electron chi connectivity index (χ1n) is 6.92. The molecule has 4 nitrogen and oxygen atoms in total. The first kappa shape index (κ1) is 13.3. The van der Waals surface area contributed by atoms with Crippen LogP contribution < -0.4 is 10.6 Å². The molecule has 1 aliphatic heterocycles. The predicted molar refractivity (Wildman–Crippen MR) is 74.7 cm³/mol. The van der Waals surface area contributed by atoms with Gasteiger partial charge in [-0.05, 0) is 32.6 Å². The van der Waals surface area contributed by atoms with Crippen LogP contribution in [0, 0.1) is 19.8 Å². The van der Waals surface area contributed by atoms with Crippen LogP contribution in [0.4, 0.5) is 5.82 Å². The Hall–Kier alpha value is -1.16. The molecule has 0 saturated carbocycles. The summed E-state index contributed by atoms with van der Waals surface area (Å²) in [4.78, 5) is 11.4. The number of rotatable bonds is 3. The fraction of sp³-hybridized carbons (Fsp3) is 0.714.